The molecule has 19 heavy (non-hydrogen) atoms. The van der Waals surface area contributed by atoms with E-state index >= 15 is 0 Å². The Kier molecular flexibility index (Phi) is 11.8. The molecule has 6 heteroatoms. The summed E-state index contributed by atoms with van der Waals surface area (Å²) >= 11 is 0. The number of rotatable bonds is 8. The van der Waals surface area contributed by atoms with Crippen LogP contribution in [0.25, 0.3) is 0 Å². The van der Waals surface area contributed by atoms with E-state index < -0.39 is 0 Å². The van der Waals surface area contributed by atoms with Crippen molar-refractivity contribution in [2.24, 2.45) is 4.99 Å². The lowest BCUT2D eigenvalue weighted by Crippen LogP contribution is -2.39. The Hall–Kier alpha value is -0.760. The number of guanidine groups is 1. The standard InChI is InChI=1S/C13H24N4O.HI/c1-3-18-12-6-7-15-13(14-2)16-8-11-17-9-4-5-10-17;/h4-5,9-10H,3,6-8,11-12H2,1-2H3,(H2,14,15,16);1H. The molecule has 0 radical (unpaired) electrons. The van der Waals surface area contributed by atoms with Crippen LogP contribution in [0, 0.1) is 0 Å². The van der Waals surface area contributed by atoms with Crippen LogP contribution in [-0.4, -0.2) is 43.9 Å². The first-order valence-corrected chi connectivity index (χ1v) is 6.50. The Balaban J connectivity index is 0.00000324. The molecule has 0 saturated carbocycles. The van der Waals surface area contributed by atoms with Gasteiger partial charge in [-0.05, 0) is 25.5 Å². The normalized spacial score (nSPS) is 10.9. The van der Waals surface area contributed by atoms with E-state index in [9.17, 15) is 0 Å². The van der Waals surface area contributed by atoms with Crippen molar-refractivity contribution in [3.63, 3.8) is 0 Å². The highest BCUT2D eigenvalue weighted by atomic mass is 127. The van der Waals surface area contributed by atoms with E-state index in [2.05, 4.69) is 32.6 Å². The van der Waals surface area contributed by atoms with Gasteiger partial charge in [0.15, 0.2) is 5.96 Å². The summed E-state index contributed by atoms with van der Waals surface area (Å²) in [7, 11) is 1.79. The van der Waals surface area contributed by atoms with Gasteiger partial charge in [-0.3, -0.25) is 4.99 Å². The maximum absolute atomic E-state index is 5.28. The summed E-state index contributed by atoms with van der Waals surface area (Å²) in [4.78, 5) is 4.17. The molecular formula is C13H25IN4O. The van der Waals surface area contributed by atoms with Crippen LogP contribution >= 0.6 is 24.0 Å². The van der Waals surface area contributed by atoms with E-state index in [1.807, 2.05) is 19.1 Å². The summed E-state index contributed by atoms with van der Waals surface area (Å²) in [6.07, 6.45) is 5.10. The second-order valence-electron chi connectivity index (χ2n) is 3.90. The van der Waals surface area contributed by atoms with E-state index in [1.54, 1.807) is 7.05 Å². The Labute approximate surface area is 132 Å². The molecule has 110 valence electrons. The minimum absolute atomic E-state index is 0. The third-order valence-electron chi connectivity index (χ3n) is 2.51. The van der Waals surface area contributed by atoms with Crippen molar-refractivity contribution in [1.29, 1.82) is 0 Å². The monoisotopic (exact) mass is 380 g/mol. The van der Waals surface area contributed by atoms with Gasteiger partial charge in [-0.15, -0.1) is 24.0 Å². The molecule has 0 aliphatic carbocycles. The molecule has 0 aliphatic rings. The molecule has 0 fully saturated rings. The lowest BCUT2D eigenvalue weighted by molar-refractivity contribution is 0.145. The Morgan fingerprint density at radius 1 is 1.21 bits per heavy atom. The van der Waals surface area contributed by atoms with Crippen LogP contribution in [0.4, 0.5) is 0 Å². The minimum atomic E-state index is 0. The van der Waals surface area contributed by atoms with Crippen LogP contribution in [0.15, 0.2) is 29.5 Å². The fourth-order valence-electron chi connectivity index (χ4n) is 1.57. The first-order chi connectivity index (χ1) is 8.86. The molecule has 0 bridgehead atoms. The van der Waals surface area contributed by atoms with E-state index in [0.717, 1.165) is 45.2 Å². The van der Waals surface area contributed by atoms with Gasteiger partial charge in [-0.1, -0.05) is 0 Å². The summed E-state index contributed by atoms with van der Waals surface area (Å²) in [6, 6.07) is 4.06. The lowest BCUT2D eigenvalue weighted by Gasteiger charge is -2.12. The first-order valence-electron chi connectivity index (χ1n) is 6.50. The average Bonchev–Trinajstić information content (AvgIpc) is 2.89. The highest BCUT2D eigenvalue weighted by molar-refractivity contribution is 14.0. The zero-order valence-corrected chi connectivity index (χ0v) is 14.1. The molecule has 2 N–H and O–H groups in total. The molecule has 0 unspecified atom stereocenters. The molecule has 0 aromatic carbocycles. The van der Waals surface area contributed by atoms with Crippen molar-refractivity contribution < 1.29 is 4.74 Å². The number of hydrogen-bond acceptors (Lipinski definition) is 2. The highest BCUT2D eigenvalue weighted by Gasteiger charge is 1.96. The third-order valence-corrected chi connectivity index (χ3v) is 2.51. The van der Waals surface area contributed by atoms with Crippen molar-refractivity contribution >= 4 is 29.9 Å². The molecule has 0 saturated heterocycles. The average molecular weight is 380 g/mol. The maximum atomic E-state index is 5.28. The summed E-state index contributed by atoms with van der Waals surface area (Å²) in [5.74, 6) is 0.846. The fraction of sp³-hybridized carbons (Fsp3) is 0.615. The highest BCUT2D eigenvalue weighted by Crippen LogP contribution is 1.88. The minimum Gasteiger partial charge on any atom is -0.382 e. The van der Waals surface area contributed by atoms with E-state index in [-0.39, 0.29) is 24.0 Å². The molecule has 0 atom stereocenters. The van der Waals surface area contributed by atoms with Gasteiger partial charge in [0.25, 0.3) is 0 Å². The largest absolute Gasteiger partial charge is 0.382 e. The topological polar surface area (TPSA) is 50.6 Å². The molecule has 0 amide bonds. The summed E-state index contributed by atoms with van der Waals surface area (Å²) < 4.78 is 7.41. The van der Waals surface area contributed by atoms with Gasteiger partial charge >= 0.3 is 0 Å². The molecule has 1 aromatic rings. The molecule has 0 spiro atoms. The summed E-state index contributed by atoms with van der Waals surface area (Å²) in [6.45, 7) is 6.26. The molecule has 1 rings (SSSR count). The number of aliphatic imine (C=N–C) groups is 1. The van der Waals surface area contributed by atoms with E-state index in [0.29, 0.717) is 0 Å². The molecule has 5 nitrogen and oxygen atoms in total. The van der Waals surface area contributed by atoms with Crippen molar-refractivity contribution in [3.05, 3.63) is 24.5 Å². The Bertz CT molecular complexity index is 327. The number of nitrogens with zero attached hydrogens (tertiary/aromatic N) is 2. The van der Waals surface area contributed by atoms with Gasteiger partial charge in [0.1, 0.15) is 0 Å². The number of nitrogens with one attached hydrogen (secondary N) is 2. The Morgan fingerprint density at radius 2 is 1.89 bits per heavy atom. The predicted octanol–water partition coefficient (Wildman–Crippen LogP) is 1.70. The van der Waals surface area contributed by atoms with Crippen molar-refractivity contribution in [2.45, 2.75) is 19.9 Å². The van der Waals surface area contributed by atoms with Gasteiger partial charge < -0.3 is 19.9 Å². The number of halogens is 1. The van der Waals surface area contributed by atoms with Crippen LogP contribution < -0.4 is 10.6 Å². The first kappa shape index (κ1) is 18.2. The summed E-state index contributed by atoms with van der Waals surface area (Å²) in [5, 5.41) is 6.53. The molecule has 0 aliphatic heterocycles. The maximum Gasteiger partial charge on any atom is 0.191 e. The SMILES string of the molecule is CCOCCCNC(=NC)NCCn1cccc1.I. The zero-order valence-electron chi connectivity index (χ0n) is 11.8. The number of aromatic nitrogens is 1. The van der Waals surface area contributed by atoms with Gasteiger partial charge in [0, 0.05) is 52.3 Å². The molecule has 1 heterocycles. The van der Waals surface area contributed by atoms with Crippen molar-refractivity contribution in [1.82, 2.24) is 15.2 Å². The van der Waals surface area contributed by atoms with E-state index in [1.165, 1.54) is 0 Å². The zero-order chi connectivity index (χ0) is 13.1. The van der Waals surface area contributed by atoms with Gasteiger partial charge in [-0.2, -0.15) is 0 Å². The van der Waals surface area contributed by atoms with Gasteiger partial charge in [0.05, 0.1) is 0 Å². The van der Waals surface area contributed by atoms with Crippen LogP contribution in [0.5, 0.6) is 0 Å². The lowest BCUT2D eigenvalue weighted by atomic mass is 10.4. The number of ether oxygens (including phenoxy) is 1. The second-order valence-corrected chi connectivity index (χ2v) is 3.90. The second kappa shape index (κ2) is 12.3. The van der Waals surface area contributed by atoms with Crippen LogP contribution in [0.3, 0.4) is 0 Å². The Morgan fingerprint density at radius 3 is 2.53 bits per heavy atom. The molecule has 1 aromatic heterocycles. The fourth-order valence-corrected chi connectivity index (χ4v) is 1.57. The van der Waals surface area contributed by atoms with Crippen molar-refractivity contribution in [3.8, 4) is 0 Å². The van der Waals surface area contributed by atoms with Crippen LogP contribution in [-0.2, 0) is 11.3 Å². The molecular weight excluding hydrogens is 355 g/mol. The third kappa shape index (κ3) is 8.88. The number of hydrogen-bond donors (Lipinski definition) is 2. The smallest absolute Gasteiger partial charge is 0.191 e. The van der Waals surface area contributed by atoms with Gasteiger partial charge in [0.2, 0.25) is 0 Å². The van der Waals surface area contributed by atoms with Gasteiger partial charge in [-0.25, -0.2) is 0 Å². The van der Waals surface area contributed by atoms with Crippen LogP contribution in [0.1, 0.15) is 13.3 Å². The quantitative estimate of drug-likeness (QED) is 0.313. The summed E-state index contributed by atoms with van der Waals surface area (Å²) in [5.41, 5.74) is 0. The predicted molar refractivity (Wildman–Crippen MR) is 90.3 cm³/mol. The van der Waals surface area contributed by atoms with E-state index in [4.69, 9.17) is 4.74 Å². The van der Waals surface area contributed by atoms with Crippen LogP contribution in [0.2, 0.25) is 0 Å². The van der Waals surface area contributed by atoms with Crippen molar-refractivity contribution in [2.75, 3.05) is 33.4 Å².